The van der Waals surface area contributed by atoms with E-state index in [1.54, 1.807) is 20.3 Å². The quantitative estimate of drug-likeness (QED) is 0.846. The van der Waals surface area contributed by atoms with Crippen LogP contribution in [0.1, 0.15) is 5.56 Å². The summed E-state index contributed by atoms with van der Waals surface area (Å²) in [6.45, 7) is 2.76. The normalized spacial score (nSPS) is 21.1. The van der Waals surface area contributed by atoms with Crippen molar-refractivity contribution in [2.75, 3.05) is 40.5 Å². The minimum absolute atomic E-state index is 0.391. The number of nitrogens with zero attached hydrogens (tertiary/aromatic N) is 2. The van der Waals surface area contributed by atoms with Crippen molar-refractivity contribution in [1.82, 2.24) is 4.90 Å². The van der Waals surface area contributed by atoms with E-state index in [1.165, 1.54) is 0 Å². The summed E-state index contributed by atoms with van der Waals surface area (Å²) in [6, 6.07) is 5.83. The molecule has 1 fully saturated rings. The molecule has 2 aliphatic rings. The van der Waals surface area contributed by atoms with Gasteiger partial charge in [0, 0.05) is 25.2 Å². The Morgan fingerprint density at radius 1 is 1.23 bits per heavy atom. The van der Waals surface area contributed by atoms with Gasteiger partial charge >= 0.3 is 0 Å². The lowest BCUT2D eigenvalue weighted by atomic mass is 10.0. The van der Waals surface area contributed by atoms with Gasteiger partial charge in [-0.25, -0.2) is 0 Å². The van der Waals surface area contributed by atoms with Gasteiger partial charge in [-0.15, -0.1) is 0 Å². The zero-order chi connectivity index (χ0) is 15.5. The molecule has 0 aromatic heterocycles. The monoisotopic (exact) mass is 302 g/mol. The van der Waals surface area contributed by atoms with Gasteiger partial charge in [0.15, 0.2) is 6.23 Å². The van der Waals surface area contributed by atoms with Gasteiger partial charge in [0.1, 0.15) is 23.3 Å². The van der Waals surface area contributed by atoms with E-state index < -0.39 is 6.23 Å². The zero-order valence-electron chi connectivity index (χ0n) is 12.7. The third-order valence-corrected chi connectivity index (χ3v) is 3.84. The molecule has 6 nitrogen and oxygen atoms in total. The largest absolute Gasteiger partial charge is 0.496 e. The second kappa shape index (κ2) is 6.26. The van der Waals surface area contributed by atoms with Gasteiger partial charge in [0.05, 0.1) is 38.6 Å². The van der Waals surface area contributed by atoms with Crippen molar-refractivity contribution in [2.24, 2.45) is 0 Å². The molecular weight excluding hydrogens is 284 g/mol. The van der Waals surface area contributed by atoms with Gasteiger partial charge < -0.3 is 18.9 Å². The molecule has 0 N–H and O–H groups in total. The molecule has 0 amide bonds. The fourth-order valence-corrected chi connectivity index (χ4v) is 2.68. The fourth-order valence-electron chi connectivity index (χ4n) is 2.68. The summed E-state index contributed by atoms with van der Waals surface area (Å²) >= 11 is 0. The van der Waals surface area contributed by atoms with E-state index in [4.69, 9.17) is 18.9 Å². The topological polar surface area (TPSA) is 63.9 Å². The lowest BCUT2D eigenvalue weighted by molar-refractivity contribution is -0.0291. The molecule has 1 aromatic rings. The van der Waals surface area contributed by atoms with Crippen molar-refractivity contribution in [1.29, 1.82) is 5.26 Å². The van der Waals surface area contributed by atoms with E-state index in [0.29, 0.717) is 36.0 Å². The standard InChI is InChI=1S/C16H18N2O4/c1-19-12-8-14(20-2)13-7-11(10-17)16(22-15(13)9-12)18-3-5-21-6-4-18/h7-9,16H,3-6H2,1-2H3. The average Bonchev–Trinajstić information content (AvgIpc) is 2.60. The van der Waals surface area contributed by atoms with Crippen molar-refractivity contribution in [3.8, 4) is 23.3 Å². The summed E-state index contributed by atoms with van der Waals surface area (Å²) in [5, 5.41) is 9.46. The molecule has 22 heavy (non-hydrogen) atoms. The highest BCUT2D eigenvalue weighted by molar-refractivity contribution is 5.72. The van der Waals surface area contributed by atoms with Crippen molar-refractivity contribution in [3.63, 3.8) is 0 Å². The average molecular weight is 302 g/mol. The van der Waals surface area contributed by atoms with Gasteiger partial charge in [-0.1, -0.05) is 0 Å². The van der Waals surface area contributed by atoms with Gasteiger partial charge in [0.2, 0.25) is 0 Å². The first-order chi connectivity index (χ1) is 10.8. The number of hydrogen-bond donors (Lipinski definition) is 0. The third-order valence-electron chi connectivity index (χ3n) is 3.84. The smallest absolute Gasteiger partial charge is 0.189 e. The second-order valence-corrected chi connectivity index (χ2v) is 5.07. The van der Waals surface area contributed by atoms with E-state index >= 15 is 0 Å². The molecule has 3 rings (SSSR count). The van der Waals surface area contributed by atoms with Gasteiger partial charge in [0.25, 0.3) is 0 Å². The highest BCUT2D eigenvalue weighted by Gasteiger charge is 2.31. The molecule has 0 saturated carbocycles. The summed E-state index contributed by atoms with van der Waals surface area (Å²) in [5.74, 6) is 1.94. The number of rotatable bonds is 3. The molecule has 1 atom stereocenters. The summed E-state index contributed by atoms with van der Waals surface area (Å²) < 4.78 is 22.1. The molecular formula is C16H18N2O4. The van der Waals surface area contributed by atoms with Crippen molar-refractivity contribution in [3.05, 3.63) is 23.3 Å². The number of hydrogen-bond acceptors (Lipinski definition) is 6. The van der Waals surface area contributed by atoms with Crippen molar-refractivity contribution >= 4 is 6.08 Å². The molecule has 1 saturated heterocycles. The number of morpholine rings is 1. The maximum atomic E-state index is 9.46. The molecule has 0 spiro atoms. The summed E-state index contributed by atoms with van der Waals surface area (Å²) in [7, 11) is 3.18. The molecule has 1 aromatic carbocycles. The molecule has 0 radical (unpaired) electrons. The summed E-state index contributed by atoms with van der Waals surface area (Å²) in [4.78, 5) is 2.10. The maximum absolute atomic E-state index is 9.46. The number of methoxy groups -OCH3 is 2. The Morgan fingerprint density at radius 3 is 2.64 bits per heavy atom. The molecule has 2 heterocycles. The SMILES string of the molecule is COc1cc(OC)c2c(c1)OC(N1CCOCC1)C(C#N)=C2. The van der Waals surface area contributed by atoms with Crippen LogP contribution in [0.4, 0.5) is 0 Å². The molecule has 0 aliphatic carbocycles. The Labute approximate surface area is 129 Å². The van der Waals surface area contributed by atoms with E-state index in [1.807, 2.05) is 12.1 Å². The van der Waals surface area contributed by atoms with Crippen LogP contribution < -0.4 is 14.2 Å². The Balaban J connectivity index is 2.00. The van der Waals surface area contributed by atoms with E-state index in [2.05, 4.69) is 11.0 Å². The van der Waals surface area contributed by atoms with Crippen LogP contribution in [0.2, 0.25) is 0 Å². The minimum Gasteiger partial charge on any atom is -0.496 e. The highest BCUT2D eigenvalue weighted by Crippen LogP contribution is 2.40. The third kappa shape index (κ3) is 2.61. The zero-order valence-corrected chi connectivity index (χ0v) is 12.7. The Bertz CT molecular complexity index is 630. The second-order valence-electron chi connectivity index (χ2n) is 5.07. The van der Waals surface area contributed by atoms with Crippen LogP contribution in [-0.2, 0) is 4.74 Å². The van der Waals surface area contributed by atoms with Crippen LogP contribution in [0, 0.1) is 11.3 Å². The van der Waals surface area contributed by atoms with Crippen molar-refractivity contribution < 1.29 is 18.9 Å². The predicted octanol–water partition coefficient (Wildman–Crippen LogP) is 1.66. The molecule has 0 bridgehead atoms. The lowest BCUT2D eigenvalue weighted by Crippen LogP contribution is -2.47. The first kappa shape index (κ1) is 14.7. The fraction of sp³-hybridized carbons (Fsp3) is 0.438. The number of ether oxygens (including phenoxy) is 4. The van der Waals surface area contributed by atoms with Gasteiger partial charge in [-0.2, -0.15) is 5.26 Å². The Kier molecular flexibility index (Phi) is 4.18. The molecule has 1 unspecified atom stereocenters. The molecule has 2 aliphatic heterocycles. The summed E-state index contributed by atoms with van der Waals surface area (Å²) in [6.07, 6.45) is 1.44. The number of fused-ring (bicyclic) bond motifs is 1. The van der Waals surface area contributed by atoms with Crippen LogP contribution in [0.3, 0.4) is 0 Å². The first-order valence-corrected chi connectivity index (χ1v) is 7.13. The van der Waals surface area contributed by atoms with Gasteiger partial charge in [-0.05, 0) is 6.08 Å². The minimum atomic E-state index is -0.391. The van der Waals surface area contributed by atoms with Crippen LogP contribution in [0.15, 0.2) is 17.7 Å². The Hall–Kier alpha value is -2.23. The first-order valence-electron chi connectivity index (χ1n) is 7.13. The van der Waals surface area contributed by atoms with Crippen LogP contribution in [-0.4, -0.2) is 51.7 Å². The number of nitriles is 1. The Morgan fingerprint density at radius 2 is 2.00 bits per heavy atom. The maximum Gasteiger partial charge on any atom is 0.189 e. The van der Waals surface area contributed by atoms with Crippen LogP contribution in [0.25, 0.3) is 6.08 Å². The van der Waals surface area contributed by atoms with Crippen LogP contribution >= 0.6 is 0 Å². The van der Waals surface area contributed by atoms with E-state index in [-0.39, 0.29) is 0 Å². The van der Waals surface area contributed by atoms with E-state index in [0.717, 1.165) is 18.7 Å². The molecule has 116 valence electrons. The highest BCUT2D eigenvalue weighted by atomic mass is 16.5. The number of benzene rings is 1. The molecule has 6 heteroatoms. The summed E-state index contributed by atoms with van der Waals surface area (Å²) in [5.41, 5.74) is 1.34. The van der Waals surface area contributed by atoms with E-state index in [9.17, 15) is 5.26 Å². The van der Waals surface area contributed by atoms with Gasteiger partial charge in [-0.3, -0.25) is 4.90 Å². The lowest BCUT2D eigenvalue weighted by Gasteiger charge is -2.36. The van der Waals surface area contributed by atoms with Crippen LogP contribution in [0.5, 0.6) is 17.2 Å². The predicted molar refractivity (Wildman–Crippen MR) is 79.9 cm³/mol. The van der Waals surface area contributed by atoms with Crippen molar-refractivity contribution in [2.45, 2.75) is 6.23 Å².